The number of para-hydroxylation sites is 3. The van der Waals surface area contributed by atoms with Crippen molar-refractivity contribution >= 4 is 45.0 Å². The van der Waals surface area contributed by atoms with Crippen molar-refractivity contribution in [1.29, 1.82) is 0 Å². The first-order valence-corrected chi connectivity index (χ1v) is 13.5. The lowest BCUT2D eigenvalue weighted by molar-refractivity contribution is 0.0754. The lowest BCUT2D eigenvalue weighted by Crippen LogP contribution is -2.22. The van der Waals surface area contributed by atoms with Gasteiger partial charge in [-0.25, -0.2) is 9.38 Å². The Labute approximate surface area is 228 Å². The number of aromatic nitrogens is 2. The number of thiazole rings is 1. The second-order valence-electron chi connectivity index (χ2n) is 8.47. The van der Waals surface area contributed by atoms with Crippen molar-refractivity contribution in [3.05, 3.63) is 91.7 Å². The molecule has 0 saturated carbocycles. The molecule has 0 unspecified atom stereocenters. The summed E-state index contributed by atoms with van der Waals surface area (Å²) in [6.45, 7) is 5.89. The summed E-state index contributed by atoms with van der Waals surface area (Å²) in [5, 5.41) is 0.393. The van der Waals surface area contributed by atoms with Gasteiger partial charge in [0.25, 0.3) is 5.56 Å². The van der Waals surface area contributed by atoms with E-state index >= 15 is 0 Å². The molecule has 0 amide bonds. The number of hydrogen-bond donors (Lipinski definition) is 0. The number of nitrogens with zero attached hydrogens (tertiary/aromatic N) is 2. The van der Waals surface area contributed by atoms with Crippen LogP contribution in [0.5, 0.6) is 17.2 Å². The first-order valence-electron chi connectivity index (χ1n) is 12.3. The smallest absolute Gasteiger partial charge is 0.274 e. The fourth-order valence-corrected chi connectivity index (χ4v) is 5.33. The van der Waals surface area contributed by atoms with E-state index in [9.17, 15) is 4.79 Å². The molecule has 0 atom stereocenters. The zero-order valence-electron chi connectivity index (χ0n) is 21.1. The fourth-order valence-electron chi connectivity index (χ4n) is 4.07. The fraction of sp³-hybridized carbons (Fsp3) is 0.241. The number of benzene rings is 3. The highest BCUT2D eigenvalue weighted by atomic mass is 35.5. The summed E-state index contributed by atoms with van der Waals surface area (Å²) in [7, 11) is 0. The minimum absolute atomic E-state index is 0.114. The van der Waals surface area contributed by atoms with Crippen LogP contribution in [-0.2, 0) is 4.74 Å². The topological polar surface area (TPSA) is 71.3 Å². The maximum Gasteiger partial charge on any atom is 0.274 e. The monoisotopic (exact) mass is 550 g/mol. The van der Waals surface area contributed by atoms with Crippen LogP contribution in [0.15, 0.2) is 65.5 Å². The van der Waals surface area contributed by atoms with Crippen molar-refractivity contribution < 1.29 is 18.9 Å². The normalized spacial score (nSPS) is 11.9. The Morgan fingerprint density at radius 2 is 1.71 bits per heavy atom. The van der Waals surface area contributed by atoms with Crippen molar-refractivity contribution in [2.24, 2.45) is 0 Å². The van der Waals surface area contributed by atoms with Crippen LogP contribution in [-0.4, -0.2) is 42.4 Å². The van der Waals surface area contributed by atoms with E-state index in [-0.39, 0.29) is 5.56 Å². The first-order chi connectivity index (χ1) is 18.5. The number of halogens is 1. The Morgan fingerprint density at radius 3 is 2.53 bits per heavy atom. The Bertz CT molecular complexity index is 1680. The Hall–Kier alpha value is -3.59. The minimum atomic E-state index is -0.114. The molecule has 3 aromatic carbocycles. The van der Waals surface area contributed by atoms with Gasteiger partial charge in [0.2, 0.25) is 0 Å². The van der Waals surface area contributed by atoms with Crippen molar-refractivity contribution in [3.8, 4) is 17.2 Å². The van der Waals surface area contributed by atoms with E-state index < -0.39 is 0 Å². The quantitative estimate of drug-likeness (QED) is 0.208. The molecule has 0 saturated heterocycles. The summed E-state index contributed by atoms with van der Waals surface area (Å²) in [5.41, 5.74) is 3.30. The molecule has 2 aromatic heterocycles. The molecule has 9 heteroatoms. The molecule has 0 aliphatic rings. The van der Waals surface area contributed by atoms with Gasteiger partial charge in [-0.3, -0.25) is 4.79 Å². The van der Waals surface area contributed by atoms with Crippen LogP contribution in [0.1, 0.15) is 18.1 Å². The van der Waals surface area contributed by atoms with Crippen molar-refractivity contribution in [2.45, 2.75) is 13.8 Å². The Balaban J connectivity index is 1.25. The van der Waals surface area contributed by atoms with Crippen molar-refractivity contribution in [3.63, 3.8) is 0 Å². The molecule has 0 radical (unpaired) electrons. The molecule has 0 aliphatic carbocycles. The third-order valence-corrected chi connectivity index (χ3v) is 7.08. The SMILES string of the molecule is CCOc1cc(/C=c2\sc3nc4ccccc4n3c2=O)cc(Cl)c1OCCOCCOc1ccccc1C. The van der Waals surface area contributed by atoms with Gasteiger partial charge < -0.3 is 18.9 Å². The summed E-state index contributed by atoms with van der Waals surface area (Å²) in [6, 6.07) is 19.0. The minimum Gasteiger partial charge on any atom is -0.491 e. The van der Waals surface area contributed by atoms with Gasteiger partial charge in [-0.05, 0) is 61.4 Å². The van der Waals surface area contributed by atoms with Crippen LogP contribution in [0.2, 0.25) is 5.02 Å². The summed E-state index contributed by atoms with van der Waals surface area (Å²) in [4.78, 5) is 18.3. The summed E-state index contributed by atoms with van der Waals surface area (Å²) in [6.07, 6.45) is 1.80. The van der Waals surface area contributed by atoms with E-state index in [0.29, 0.717) is 59.0 Å². The highest BCUT2D eigenvalue weighted by Crippen LogP contribution is 2.37. The lowest BCUT2D eigenvalue weighted by Gasteiger charge is -2.15. The average molecular weight is 551 g/mol. The predicted molar refractivity (Wildman–Crippen MR) is 151 cm³/mol. The molecule has 38 heavy (non-hydrogen) atoms. The molecule has 0 N–H and O–H groups in total. The third kappa shape index (κ3) is 5.62. The van der Waals surface area contributed by atoms with Gasteiger partial charge in [0, 0.05) is 0 Å². The average Bonchev–Trinajstić information content (AvgIpc) is 3.41. The van der Waals surface area contributed by atoms with Crippen molar-refractivity contribution in [1.82, 2.24) is 9.38 Å². The van der Waals surface area contributed by atoms with E-state index in [1.54, 1.807) is 16.5 Å². The second-order valence-corrected chi connectivity index (χ2v) is 9.89. The van der Waals surface area contributed by atoms with Gasteiger partial charge in [-0.1, -0.05) is 53.3 Å². The maximum absolute atomic E-state index is 13.1. The van der Waals surface area contributed by atoms with E-state index in [0.717, 1.165) is 27.9 Å². The zero-order chi connectivity index (χ0) is 26.5. The second kappa shape index (κ2) is 11.9. The van der Waals surface area contributed by atoms with E-state index in [1.807, 2.05) is 68.4 Å². The van der Waals surface area contributed by atoms with Gasteiger partial charge in [-0.2, -0.15) is 0 Å². The number of hydrogen-bond acceptors (Lipinski definition) is 7. The van der Waals surface area contributed by atoms with Crippen molar-refractivity contribution in [2.75, 3.05) is 33.0 Å². The number of aryl methyl sites for hydroxylation is 1. The van der Waals surface area contributed by atoms with Crippen LogP contribution in [0.3, 0.4) is 0 Å². The number of ether oxygens (including phenoxy) is 4. The van der Waals surface area contributed by atoms with E-state index in [4.69, 9.17) is 30.5 Å². The summed E-state index contributed by atoms with van der Waals surface area (Å²) >= 11 is 7.92. The molecular formula is C29H27ClN2O5S. The van der Waals surface area contributed by atoms with Gasteiger partial charge in [0.1, 0.15) is 19.0 Å². The van der Waals surface area contributed by atoms with E-state index in [2.05, 4.69) is 4.98 Å². The molecule has 196 valence electrons. The van der Waals surface area contributed by atoms with Gasteiger partial charge in [0.05, 0.1) is 40.4 Å². The number of fused-ring (bicyclic) bond motifs is 3. The molecule has 0 spiro atoms. The van der Waals surface area contributed by atoms with Gasteiger partial charge in [-0.15, -0.1) is 0 Å². The maximum atomic E-state index is 13.1. The molecule has 2 heterocycles. The number of rotatable bonds is 11. The Morgan fingerprint density at radius 1 is 0.947 bits per heavy atom. The summed E-state index contributed by atoms with van der Waals surface area (Å²) in [5.74, 6) is 1.81. The first kappa shape index (κ1) is 26.0. The highest BCUT2D eigenvalue weighted by molar-refractivity contribution is 7.15. The van der Waals surface area contributed by atoms with Crippen LogP contribution >= 0.6 is 22.9 Å². The largest absolute Gasteiger partial charge is 0.491 e. The van der Waals surface area contributed by atoms with Crippen LogP contribution in [0.4, 0.5) is 0 Å². The van der Waals surface area contributed by atoms with Gasteiger partial charge >= 0.3 is 0 Å². The molecule has 5 aromatic rings. The predicted octanol–water partition coefficient (Wildman–Crippen LogP) is 5.29. The van der Waals surface area contributed by atoms with Gasteiger partial charge in [0.15, 0.2) is 16.5 Å². The molecule has 7 nitrogen and oxygen atoms in total. The molecular weight excluding hydrogens is 524 g/mol. The number of imidazole rings is 1. The van der Waals surface area contributed by atoms with Crippen LogP contribution in [0, 0.1) is 6.92 Å². The van der Waals surface area contributed by atoms with Crippen LogP contribution in [0.25, 0.3) is 22.1 Å². The molecule has 0 bridgehead atoms. The molecule has 0 fully saturated rings. The summed E-state index contributed by atoms with van der Waals surface area (Å²) < 4.78 is 25.3. The highest BCUT2D eigenvalue weighted by Gasteiger charge is 2.14. The van der Waals surface area contributed by atoms with Crippen LogP contribution < -0.4 is 24.3 Å². The lowest BCUT2D eigenvalue weighted by atomic mass is 10.2. The molecule has 0 aliphatic heterocycles. The third-order valence-electron chi connectivity index (χ3n) is 5.83. The van der Waals surface area contributed by atoms with E-state index in [1.165, 1.54) is 11.3 Å². The standard InChI is InChI=1S/C29H27ClN2O5S/c1-3-35-25-17-20(18-26-28(33)32-23-10-6-5-9-22(23)31-29(32)38-26)16-21(30)27(25)37-15-13-34-12-14-36-24-11-7-4-8-19(24)2/h4-11,16-18H,3,12-15H2,1-2H3/b26-18-. The molecule has 5 rings (SSSR count). The zero-order valence-corrected chi connectivity index (χ0v) is 22.7. The Kier molecular flexibility index (Phi) is 8.12.